The number of thiazole rings is 1. The summed E-state index contributed by atoms with van der Waals surface area (Å²) < 4.78 is 5.55. The maximum atomic E-state index is 12.2. The first kappa shape index (κ1) is 17.9. The average Bonchev–Trinajstić information content (AvgIpc) is 3.28. The molecule has 0 bridgehead atoms. The van der Waals surface area contributed by atoms with Gasteiger partial charge in [0.1, 0.15) is 5.76 Å². The number of furan rings is 1. The number of aromatic nitrogens is 1. The zero-order chi connectivity index (χ0) is 18.5. The highest BCUT2D eigenvalue weighted by molar-refractivity contribution is 7.13. The minimum atomic E-state index is -0.152. The van der Waals surface area contributed by atoms with Gasteiger partial charge in [-0.05, 0) is 36.8 Å². The van der Waals surface area contributed by atoms with Gasteiger partial charge in [0.15, 0.2) is 10.8 Å². The first-order valence-corrected chi connectivity index (χ1v) is 9.02. The number of nitrogens with one attached hydrogen (secondary N) is 2. The number of benzene rings is 1. The summed E-state index contributed by atoms with van der Waals surface area (Å²) >= 11 is 1.45. The van der Waals surface area contributed by atoms with Crippen molar-refractivity contribution in [2.24, 2.45) is 0 Å². The van der Waals surface area contributed by atoms with E-state index < -0.39 is 0 Å². The Bertz CT molecular complexity index is 930. The Morgan fingerprint density at radius 3 is 2.81 bits per heavy atom. The molecule has 0 aliphatic heterocycles. The molecule has 0 radical (unpaired) electrons. The van der Waals surface area contributed by atoms with Crippen molar-refractivity contribution in [2.45, 2.75) is 19.9 Å². The van der Waals surface area contributed by atoms with Gasteiger partial charge in [0, 0.05) is 24.5 Å². The molecule has 0 atom stereocenters. The highest BCUT2D eigenvalue weighted by Crippen LogP contribution is 2.25. The largest absolute Gasteiger partial charge is 0.459 e. The Labute approximate surface area is 155 Å². The second-order valence-corrected chi connectivity index (χ2v) is 6.65. The van der Waals surface area contributed by atoms with Crippen LogP contribution in [0.15, 0.2) is 46.2 Å². The molecule has 2 heterocycles. The molecule has 3 aromatic rings. The van der Waals surface area contributed by atoms with E-state index in [2.05, 4.69) is 15.6 Å². The Morgan fingerprint density at radius 1 is 1.23 bits per heavy atom. The quantitative estimate of drug-likeness (QED) is 0.700. The zero-order valence-corrected chi connectivity index (χ0v) is 15.4. The van der Waals surface area contributed by atoms with Crippen LogP contribution in [-0.2, 0) is 17.8 Å². The van der Waals surface area contributed by atoms with E-state index >= 15 is 0 Å². The lowest BCUT2D eigenvalue weighted by atomic mass is 10.1. The van der Waals surface area contributed by atoms with E-state index in [4.69, 9.17) is 4.42 Å². The van der Waals surface area contributed by atoms with Gasteiger partial charge in [0.05, 0.1) is 12.1 Å². The van der Waals surface area contributed by atoms with Gasteiger partial charge in [-0.15, -0.1) is 11.3 Å². The molecule has 134 valence electrons. The normalized spacial score (nSPS) is 10.5. The maximum Gasteiger partial charge on any atom is 0.251 e. The van der Waals surface area contributed by atoms with Crippen molar-refractivity contribution >= 4 is 23.2 Å². The molecule has 2 N–H and O–H groups in total. The van der Waals surface area contributed by atoms with E-state index in [1.54, 1.807) is 25.2 Å². The summed E-state index contributed by atoms with van der Waals surface area (Å²) in [6.45, 7) is 2.24. The third kappa shape index (κ3) is 4.37. The van der Waals surface area contributed by atoms with Gasteiger partial charge in [-0.25, -0.2) is 4.98 Å². The highest BCUT2D eigenvalue weighted by atomic mass is 32.1. The molecule has 2 amide bonds. The second-order valence-electron chi connectivity index (χ2n) is 5.79. The Hall–Kier alpha value is -2.93. The molecule has 26 heavy (non-hydrogen) atoms. The molecule has 0 fully saturated rings. The molecule has 0 spiro atoms. The minimum Gasteiger partial charge on any atom is -0.459 e. The molecule has 7 heteroatoms. The van der Waals surface area contributed by atoms with Crippen LogP contribution in [0.2, 0.25) is 0 Å². The molecular weight excluding hydrogens is 350 g/mol. The second kappa shape index (κ2) is 7.97. The lowest BCUT2D eigenvalue weighted by Crippen LogP contribution is -2.25. The van der Waals surface area contributed by atoms with Gasteiger partial charge in [-0.3, -0.25) is 9.59 Å². The molecule has 0 aliphatic rings. The molecule has 1 aromatic carbocycles. The van der Waals surface area contributed by atoms with E-state index in [1.165, 1.54) is 11.3 Å². The first-order valence-electron chi connectivity index (χ1n) is 8.14. The van der Waals surface area contributed by atoms with Gasteiger partial charge >= 0.3 is 0 Å². The predicted molar refractivity (Wildman–Crippen MR) is 99.9 cm³/mol. The van der Waals surface area contributed by atoms with Gasteiger partial charge in [-0.1, -0.05) is 12.1 Å². The van der Waals surface area contributed by atoms with E-state index in [9.17, 15) is 9.59 Å². The third-order valence-electron chi connectivity index (χ3n) is 3.75. The van der Waals surface area contributed by atoms with Crippen LogP contribution in [-0.4, -0.2) is 23.8 Å². The van der Waals surface area contributed by atoms with Crippen LogP contribution in [0.3, 0.4) is 0 Å². The molecule has 6 nitrogen and oxygen atoms in total. The highest BCUT2D eigenvalue weighted by Gasteiger charge is 2.11. The average molecular weight is 369 g/mol. The van der Waals surface area contributed by atoms with E-state index in [0.29, 0.717) is 23.6 Å². The monoisotopic (exact) mass is 369 g/mol. The number of hydrogen-bond acceptors (Lipinski definition) is 5. The topological polar surface area (TPSA) is 84.2 Å². The predicted octanol–water partition coefficient (Wildman–Crippen LogP) is 2.93. The summed E-state index contributed by atoms with van der Waals surface area (Å²) in [5.41, 5.74) is 2.14. The van der Waals surface area contributed by atoms with Crippen molar-refractivity contribution in [3.8, 4) is 10.8 Å². The van der Waals surface area contributed by atoms with Crippen molar-refractivity contribution < 1.29 is 14.0 Å². The van der Waals surface area contributed by atoms with E-state index in [1.807, 2.05) is 30.5 Å². The first-order chi connectivity index (χ1) is 12.5. The van der Waals surface area contributed by atoms with Crippen molar-refractivity contribution in [1.82, 2.24) is 15.6 Å². The third-order valence-corrected chi connectivity index (χ3v) is 4.66. The van der Waals surface area contributed by atoms with Gasteiger partial charge in [-0.2, -0.15) is 0 Å². The lowest BCUT2D eigenvalue weighted by Gasteiger charge is -2.06. The summed E-state index contributed by atoms with van der Waals surface area (Å²) in [6.07, 6.45) is 0.200. The number of nitrogens with zero attached hydrogens (tertiary/aromatic N) is 1. The summed E-state index contributed by atoms with van der Waals surface area (Å²) in [6, 6.07) is 10.9. The Balaban J connectivity index is 1.56. The van der Waals surface area contributed by atoms with Crippen LogP contribution < -0.4 is 10.6 Å². The number of carbonyl (C=O) groups is 2. The van der Waals surface area contributed by atoms with Crippen molar-refractivity contribution in [3.63, 3.8) is 0 Å². The van der Waals surface area contributed by atoms with Crippen molar-refractivity contribution in [1.29, 1.82) is 0 Å². The Kier molecular flexibility index (Phi) is 5.48. The number of hydrogen-bond donors (Lipinski definition) is 2. The summed E-state index contributed by atoms with van der Waals surface area (Å²) in [5, 5.41) is 8.06. The SMILES string of the molecule is CNC(=O)c1cccc(CNC(=O)Cc2csc(-c3ccc(C)o3)n2)c1. The smallest absolute Gasteiger partial charge is 0.251 e. The molecule has 0 saturated carbocycles. The minimum absolute atomic E-state index is 0.122. The van der Waals surface area contributed by atoms with Crippen molar-refractivity contribution in [3.05, 3.63) is 64.4 Å². The number of carbonyl (C=O) groups excluding carboxylic acids is 2. The van der Waals surface area contributed by atoms with Crippen LogP contribution in [0, 0.1) is 6.92 Å². The standard InChI is InChI=1S/C19H19N3O3S/c1-12-6-7-16(25-12)19-22-15(11-26-19)9-17(23)21-10-13-4-3-5-14(8-13)18(24)20-2/h3-8,11H,9-10H2,1-2H3,(H,20,24)(H,21,23). The number of amides is 2. The summed E-state index contributed by atoms with van der Waals surface area (Å²) in [5.74, 6) is 1.27. The van der Waals surface area contributed by atoms with Crippen LogP contribution in [0.25, 0.3) is 10.8 Å². The molecule has 0 unspecified atom stereocenters. The van der Waals surface area contributed by atoms with Crippen LogP contribution >= 0.6 is 11.3 Å². The molecular formula is C19H19N3O3S. The molecule has 2 aromatic heterocycles. The number of rotatable bonds is 6. The fraction of sp³-hybridized carbons (Fsp3) is 0.211. The van der Waals surface area contributed by atoms with Crippen LogP contribution in [0.1, 0.15) is 27.4 Å². The Morgan fingerprint density at radius 2 is 2.08 bits per heavy atom. The van der Waals surface area contributed by atoms with Crippen molar-refractivity contribution in [2.75, 3.05) is 7.05 Å². The summed E-state index contributed by atoms with van der Waals surface area (Å²) in [7, 11) is 1.59. The molecule has 0 aliphatic carbocycles. The molecule has 0 saturated heterocycles. The summed E-state index contributed by atoms with van der Waals surface area (Å²) in [4.78, 5) is 28.3. The van der Waals surface area contributed by atoms with E-state index in [-0.39, 0.29) is 18.2 Å². The number of aryl methyl sites for hydroxylation is 1. The van der Waals surface area contributed by atoms with Crippen LogP contribution in [0.4, 0.5) is 0 Å². The maximum absolute atomic E-state index is 12.2. The lowest BCUT2D eigenvalue weighted by molar-refractivity contribution is -0.120. The molecule has 3 rings (SSSR count). The van der Waals surface area contributed by atoms with Gasteiger partial charge < -0.3 is 15.1 Å². The van der Waals surface area contributed by atoms with Gasteiger partial charge in [0.2, 0.25) is 5.91 Å². The fourth-order valence-electron chi connectivity index (χ4n) is 2.45. The zero-order valence-electron chi connectivity index (χ0n) is 14.5. The van der Waals surface area contributed by atoms with E-state index in [0.717, 1.165) is 16.3 Å². The van der Waals surface area contributed by atoms with Crippen LogP contribution in [0.5, 0.6) is 0 Å². The van der Waals surface area contributed by atoms with Gasteiger partial charge in [0.25, 0.3) is 5.91 Å². The fourth-order valence-corrected chi connectivity index (χ4v) is 3.22.